The Morgan fingerprint density at radius 1 is 0.973 bits per heavy atom. The summed E-state index contributed by atoms with van der Waals surface area (Å²) < 4.78 is 26.1. The van der Waals surface area contributed by atoms with Crippen LogP contribution in [0, 0.1) is 5.82 Å². The first-order valence-electron chi connectivity index (χ1n) is 11.6. The van der Waals surface area contributed by atoms with Crippen molar-refractivity contribution in [1.82, 2.24) is 5.32 Å². The summed E-state index contributed by atoms with van der Waals surface area (Å²) in [5.74, 6) is -0.822. The van der Waals surface area contributed by atoms with Crippen LogP contribution in [0.15, 0.2) is 70.7 Å². The molecule has 0 unspecified atom stereocenters. The third-order valence-electron chi connectivity index (χ3n) is 5.62. The van der Waals surface area contributed by atoms with Gasteiger partial charge in [0.05, 0.1) is 18.9 Å². The maximum Gasteiger partial charge on any atom is 0.335 e. The van der Waals surface area contributed by atoms with E-state index < -0.39 is 17.8 Å². The Balaban J connectivity index is 1.69. The highest BCUT2D eigenvalue weighted by Crippen LogP contribution is 2.33. The summed E-state index contributed by atoms with van der Waals surface area (Å²) in [7, 11) is 0. The third kappa shape index (κ3) is 5.72. The molecule has 0 bridgehead atoms. The van der Waals surface area contributed by atoms with Crippen LogP contribution in [0.25, 0.3) is 6.08 Å². The molecule has 0 aromatic heterocycles. The number of carbonyl (C=O) groups is 3. The molecule has 190 valence electrons. The summed E-state index contributed by atoms with van der Waals surface area (Å²) >= 11 is 3.53. The number of benzene rings is 3. The second-order valence-electron chi connectivity index (χ2n) is 8.07. The molecule has 0 saturated carbocycles. The summed E-state index contributed by atoms with van der Waals surface area (Å²) in [5.41, 5.74) is 1.79. The van der Waals surface area contributed by atoms with E-state index in [2.05, 4.69) is 21.2 Å². The van der Waals surface area contributed by atoms with Gasteiger partial charge in [-0.3, -0.25) is 14.9 Å². The first kappa shape index (κ1) is 26.1. The molecular formula is C28H24BrFN2O5. The van der Waals surface area contributed by atoms with E-state index in [9.17, 15) is 18.8 Å². The van der Waals surface area contributed by atoms with Gasteiger partial charge in [-0.2, -0.15) is 0 Å². The normalized spacial score (nSPS) is 14.6. The zero-order chi connectivity index (χ0) is 26.5. The maximum absolute atomic E-state index is 14.3. The molecule has 0 aliphatic carbocycles. The fraction of sp³-hybridized carbons (Fsp3) is 0.179. The maximum atomic E-state index is 14.3. The minimum Gasteiger partial charge on any atom is -0.494 e. The topological polar surface area (TPSA) is 84.9 Å². The Morgan fingerprint density at radius 2 is 1.68 bits per heavy atom. The molecular weight excluding hydrogens is 543 g/mol. The van der Waals surface area contributed by atoms with Crippen molar-refractivity contribution in [1.29, 1.82) is 0 Å². The number of amides is 4. The molecule has 3 aromatic carbocycles. The number of carbonyl (C=O) groups excluding carboxylic acids is 3. The van der Waals surface area contributed by atoms with Crippen LogP contribution in [0.4, 0.5) is 14.9 Å². The lowest BCUT2D eigenvalue weighted by Gasteiger charge is -2.26. The molecule has 0 spiro atoms. The fourth-order valence-electron chi connectivity index (χ4n) is 3.92. The molecule has 0 atom stereocenters. The number of urea groups is 1. The number of anilines is 1. The van der Waals surface area contributed by atoms with Crippen LogP contribution in [-0.2, 0) is 16.0 Å². The quantitative estimate of drug-likeness (QED) is 0.281. The smallest absolute Gasteiger partial charge is 0.335 e. The average molecular weight is 567 g/mol. The van der Waals surface area contributed by atoms with Crippen LogP contribution in [0.2, 0.25) is 0 Å². The summed E-state index contributed by atoms with van der Waals surface area (Å²) in [4.78, 5) is 39.3. The number of imide groups is 2. The van der Waals surface area contributed by atoms with Crippen molar-refractivity contribution in [3.8, 4) is 11.5 Å². The van der Waals surface area contributed by atoms with E-state index in [1.807, 2.05) is 13.8 Å². The fourth-order valence-corrected chi connectivity index (χ4v) is 4.52. The molecule has 7 nitrogen and oxygen atoms in total. The minimum atomic E-state index is -0.840. The van der Waals surface area contributed by atoms with Crippen molar-refractivity contribution < 1.29 is 28.2 Å². The first-order chi connectivity index (χ1) is 17.8. The minimum absolute atomic E-state index is 0.218. The molecule has 1 heterocycles. The van der Waals surface area contributed by atoms with Gasteiger partial charge in [0, 0.05) is 16.5 Å². The van der Waals surface area contributed by atoms with Gasteiger partial charge in [-0.25, -0.2) is 14.1 Å². The SMILES string of the molecule is CCOc1ccc(N2C(=O)NC(=O)/C(=C\c3cc(Br)c(Cc4ccccc4F)c(OCC)c3)C2=O)cc1. The van der Waals surface area contributed by atoms with Gasteiger partial charge in [0.25, 0.3) is 11.8 Å². The first-order valence-corrected chi connectivity index (χ1v) is 12.4. The second-order valence-corrected chi connectivity index (χ2v) is 8.92. The lowest BCUT2D eigenvalue weighted by Crippen LogP contribution is -2.54. The molecule has 1 aliphatic rings. The lowest BCUT2D eigenvalue weighted by molar-refractivity contribution is -0.122. The van der Waals surface area contributed by atoms with E-state index in [4.69, 9.17) is 9.47 Å². The van der Waals surface area contributed by atoms with E-state index in [1.165, 1.54) is 12.1 Å². The van der Waals surface area contributed by atoms with Crippen LogP contribution in [-0.4, -0.2) is 31.1 Å². The third-order valence-corrected chi connectivity index (χ3v) is 6.33. The molecule has 9 heteroatoms. The Labute approximate surface area is 222 Å². The molecule has 0 radical (unpaired) electrons. The summed E-state index contributed by atoms with van der Waals surface area (Å²) in [6.07, 6.45) is 1.67. The van der Waals surface area contributed by atoms with Gasteiger partial charge >= 0.3 is 6.03 Å². The van der Waals surface area contributed by atoms with Crippen LogP contribution in [0.1, 0.15) is 30.5 Å². The number of halogens is 2. The molecule has 1 aliphatic heterocycles. The molecule has 4 rings (SSSR count). The Kier molecular flexibility index (Phi) is 8.03. The van der Waals surface area contributed by atoms with Crippen molar-refractivity contribution in [3.63, 3.8) is 0 Å². The monoisotopic (exact) mass is 566 g/mol. The highest BCUT2D eigenvalue weighted by atomic mass is 79.9. The number of barbiturate groups is 1. The molecule has 1 fully saturated rings. The number of nitrogens with one attached hydrogen (secondary N) is 1. The van der Waals surface area contributed by atoms with Gasteiger partial charge < -0.3 is 9.47 Å². The van der Waals surface area contributed by atoms with E-state index in [0.717, 1.165) is 10.5 Å². The van der Waals surface area contributed by atoms with Crippen LogP contribution < -0.4 is 19.7 Å². The standard InChI is InChI=1S/C28H24BrFN2O5/c1-3-36-20-11-9-19(10-12-20)32-27(34)22(26(33)31-28(32)35)13-17-14-23(29)21(25(15-17)37-4-2)16-18-7-5-6-8-24(18)30/h5-15H,3-4,16H2,1-2H3,(H,31,33,35)/b22-13+. The predicted molar refractivity (Wildman–Crippen MR) is 141 cm³/mol. The zero-order valence-corrected chi connectivity index (χ0v) is 21.8. The van der Waals surface area contributed by atoms with Gasteiger partial charge in [0.1, 0.15) is 22.9 Å². The Morgan fingerprint density at radius 3 is 2.35 bits per heavy atom. The Bertz CT molecular complexity index is 1390. The van der Waals surface area contributed by atoms with Crippen LogP contribution in [0.3, 0.4) is 0 Å². The number of ether oxygens (including phenoxy) is 2. The average Bonchev–Trinajstić information content (AvgIpc) is 2.86. The van der Waals surface area contributed by atoms with E-state index >= 15 is 0 Å². The van der Waals surface area contributed by atoms with E-state index in [1.54, 1.807) is 54.6 Å². The summed E-state index contributed by atoms with van der Waals surface area (Å²) in [5, 5.41) is 2.22. The molecule has 37 heavy (non-hydrogen) atoms. The molecule has 1 saturated heterocycles. The summed E-state index contributed by atoms with van der Waals surface area (Å²) in [6, 6.07) is 15.4. The van der Waals surface area contributed by atoms with Crippen molar-refractivity contribution in [2.75, 3.05) is 18.1 Å². The lowest BCUT2D eigenvalue weighted by atomic mass is 10.00. The largest absolute Gasteiger partial charge is 0.494 e. The van der Waals surface area contributed by atoms with Crippen molar-refractivity contribution >= 4 is 45.5 Å². The van der Waals surface area contributed by atoms with Gasteiger partial charge in [0.2, 0.25) is 0 Å². The highest BCUT2D eigenvalue weighted by Gasteiger charge is 2.37. The van der Waals surface area contributed by atoms with Crippen LogP contribution in [0.5, 0.6) is 11.5 Å². The zero-order valence-electron chi connectivity index (χ0n) is 20.2. The molecule has 3 aromatic rings. The highest BCUT2D eigenvalue weighted by molar-refractivity contribution is 9.10. The van der Waals surface area contributed by atoms with E-state index in [0.29, 0.717) is 46.0 Å². The van der Waals surface area contributed by atoms with Gasteiger partial charge in [-0.1, -0.05) is 34.1 Å². The van der Waals surface area contributed by atoms with Gasteiger partial charge in [-0.15, -0.1) is 0 Å². The van der Waals surface area contributed by atoms with Crippen LogP contribution >= 0.6 is 15.9 Å². The number of hydrogen-bond acceptors (Lipinski definition) is 5. The number of rotatable bonds is 8. The van der Waals surface area contributed by atoms with E-state index in [-0.39, 0.29) is 17.8 Å². The number of nitrogens with zero attached hydrogens (tertiary/aromatic N) is 1. The summed E-state index contributed by atoms with van der Waals surface area (Å²) in [6.45, 7) is 4.50. The van der Waals surface area contributed by atoms with Gasteiger partial charge in [0.15, 0.2) is 0 Å². The van der Waals surface area contributed by atoms with Gasteiger partial charge in [-0.05, 0) is 73.5 Å². The van der Waals surface area contributed by atoms with Crippen molar-refractivity contribution in [2.45, 2.75) is 20.3 Å². The van der Waals surface area contributed by atoms with Crippen molar-refractivity contribution in [3.05, 3.63) is 93.2 Å². The molecule has 1 N–H and O–H groups in total. The van der Waals surface area contributed by atoms with Crippen molar-refractivity contribution in [2.24, 2.45) is 0 Å². The molecule has 4 amide bonds. The Hall–Kier alpha value is -3.98. The number of hydrogen-bond donors (Lipinski definition) is 1. The second kappa shape index (κ2) is 11.4. The predicted octanol–water partition coefficient (Wildman–Crippen LogP) is 5.64.